The molecular weight excluding hydrogens is 214 g/mol. The van der Waals surface area contributed by atoms with Crippen molar-refractivity contribution in [3.63, 3.8) is 0 Å². The number of aldehydes is 1. The third kappa shape index (κ3) is 1.98. The maximum Gasteiger partial charge on any atom is 0.169 e. The van der Waals surface area contributed by atoms with Crippen molar-refractivity contribution in [1.29, 1.82) is 0 Å². The van der Waals surface area contributed by atoms with Crippen LogP contribution < -0.4 is 0 Å². The molecule has 0 aliphatic carbocycles. The number of hydrogen-bond donors (Lipinski definition) is 0. The molecule has 0 N–H and O–H groups in total. The molecule has 0 amide bonds. The molecule has 0 fully saturated rings. The van der Waals surface area contributed by atoms with Crippen molar-refractivity contribution in [2.24, 2.45) is 0 Å². The summed E-state index contributed by atoms with van der Waals surface area (Å²) in [6, 6.07) is 3.98. The zero-order valence-corrected chi connectivity index (χ0v) is 8.23. The molecular formula is C11H8F2N2O. The van der Waals surface area contributed by atoms with E-state index in [-0.39, 0.29) is 17.8 Å². The van der Waals surface area contributed by atoms with E-state index >= 15 is 0 Å². The van der Waals surface area contributed by atoms with Crippen molar-refractivity contribution in [1.82, 2.24) is 9.55 Å². The van der Waals surface area contributed by atoms with E-state index in [4.69, 9.17) is 0 Å². The summed E-state index contributed by atoms with van der Waals surface area (Å²) in [6.07, 6.45) is 3.46. The van der Waals surface area contributed by atoms with Gasteiger partial charge < -0.3 is 4.57 Å². The van der Waals surface area contributed by atoms with E-state index in [1.165, 1.54) is 29.2 Å². The quantitative estimate of drug-likeness (QED) is 0.744. The number of rotatable bonds is 3. The van der Waals surface area contributed by atoms with E-state index in [1.807, 2.05) is 0 Å². The van der Waals surface area contributed by atoms with Crippen LogP contribution in [0, 0.1) is 11.6 Å². The number of carbonyl (C=O) groups is 1. The fourth-order valence-corrected chi connectivity index (χ4v) is 1.39. The van der Waals surface area contributed by atoms with E-state index in [2.05, 4.69) is 4.98 Å². The maximum absolute atomic E-state index is 13.3. The van der Waals surface area contributed by atoms with Gasteiger partial charge in [0.1, 0.15) is 5.69 Å². The van der Waals surface area contributed by atoms with Gasteiger partial charge in [0.15, 0.2) is 17.9 Å². The normalized spacial score (nSPS) is 10.4. The third-order valence-corrected chi connectivity index (χ3v) is 2.16. The van der Waals surface area contributed by atoms with Crippen LogP contribution in [-0.4, -0.2) is 15.8 Å². The highest BCUT2D eigenvalue weighted by atomic mass is 19.2. The largest absolute Gasteiger partial charge is 0.332 e. The lowest BCUT2D eigenvalue weighted by Gasteiger charge is -2.04. The maximum atomic E-state index is 13.3. The van der Waals surface area contributed by atoms with Crippen LogP contribution in [0.2, 0.25) is 0 Å². The standard InChI is InChI=1S/C11H8F2N2O/c12-10-3-1-2-8(11(10)13)4-15-5-9(6-16)14-7-15/h1-3,5-7H,4H2. The zero-order valence-electron chi connectivity index (χ0n) is 8.23. The van der Waals surface area contributed by atoms with Crippen molar-refractivity contribution >= 4 is 6.29 Å². The van der Waals surface area contributed by atoms with Gasteiger partial charge in [-0.3, -0.25) is 4.79 Å². The summed E-state index contributed by atoms with van der Waals surface area (Å²) in [5.74, 6) is -1.75. The minimum absolute atomic E-state index is 0.143. The van der Waals surface area contributed by atoms with E-state index in [0.29, 0.717) is 6.29 Å². The summed E-state index contributed by atoms with van der Waals surface area (Å²) in [5.41, 5.74) is 0.478. The van der Waals surface area contributed by atoms with Crippen molar-refractivity contribution in [3.8, 4) is 0 Å². The minimum Gasteiger partial charge on any atom is -0.332 e. The Morgan fingerprint density at radius 1 is 1.38 bits per heavy atom. The second kappa shape index (κ2) is 4.22. The summed E-state index contributed by atoms with van der Waals surface area (Å²) in [6.45, 7) is 0.143. The summed E-state index contributed by atoms with van der Waals surface area (Å²) >= 11 is 0. The van der Waals surface area contributed by atoms with Gasteiger partial charge in [0, 0.05) is 11.8 Å². The first kappa shape index (κ1) is 10.5. The van der Waals surface area contributed by atoms with Gasteiger partial charge in [-0.05, 0) is 6.07 Å². The van der Waals surface area contributed by atoms with Crippen LogP contribution >= 0.6 is 0 Å². The zero-order chi connectivity index (χ0) is 11.5. The molecule has 2 rings (SSSR count). The first-order valence-corrected chi connectivity index (χ1v) is 4.60. The van der Waals surface area contributed by atoms with Crippen LogP contribution in [-0.2, 0) is 6.54 Å². The molecule has 0 radical (unpaired) electrons. The molecule has 0 saturated carbocycles. The third-order valence-electron chi connectivity index (χ3n) is 2.16. The van der Waals surface area contributed by atoms with Crippen molar-refractivity contribution in [3.05, 3.63) is 53.6 Å². The average molecular weight is 222 g/mol. The molecule has 1 aromatic carbocycles. The molecule has 2 aromatic rings. The number of imidazole rings is 1. The molecule has 0 unspecified atom stereocenters. The Bertz CT molecular complexity index is 522. The molecule has 0 aliphatic rings. The Labute approximate surface area is 90.3 Å². The molecule has 5 heteroatoms. The molecule has 0 spiro atoms. The van der Waals surface area contributed by atoms with Gasteiger partial charge >= 0.3 is 0 Å². The van der Waals surface area contributed by atoms with E-state index < -0.39 is 11.6 Å². The van der Waals surface area contributed by atoms with Crippen LogP contribution in [0.25, 0.3) is 0 Å². The smallest absolute Gasteiger partial charge is 0.169 e. The SMILES string of the molecule is O=Cc1cn(Cc2cccc(F)c2F)cn1. The van der Waals surface area contributed by atoms with Gasteiger partial charge in [0.25, 0.3) is 0 Å². The fraction of sp³-hybridized carbons (Fsp3) is 0.0909. The number of carbonyl (C=O) groups excluding carboxylic acids is 1. The molecule has 16 heavy (non-hydrogen) atoms. The lowest BCUT2D eigenvalue weighted by molar-refractivity contribution is 0.111. The lowest BCUT2D eigenvalue weighted by Crippen LogP contribution is -2.01. The number of benzene rings is 1. The van der Waals surface area contributed by atoms with E-state index in [9.17, 15) is 13.6 Å². The fourth-order valence-electron chi connectivity index (χ4n) is 1.39. The highest BCUT2D eigenvalue weighted by Crippen LogP contribution is 2.12. The number of nitrogens with zero attached hydrogens (tertiary/aromatic N) is 2. The molecule has 0 saturated heterocycles. The second-order valence-corrected chi connectivity index (χ2v) is 3.30. The Balaban J connectivity index is 2.26. The number of hydrogen-bond acceptors (Lipinski definition) is 2. The molecule has 1 heterocycles. The average Bonchev–Trinajstić information content (AvgIpc) is 2.73. The van der Waals surface area contributed by atoms with Crippen LogP contribution in [0.15, 0.2) is 30.7 Å². The number of halogens is 2. The molecule has 3 nitrogen and oxygen atoms in total. The Hall–Kier alpha value is -2.04. The van der Waals surface area contributed by atoms with Gasteiger partial charge in [0.2, 0.25) is 0 Å². The molecule has 0 bridgehead atoms. The first-order valence-electron chi connectivity index (χ1n) is 4.60. The van der Waals surface area contributed by atoms with Crippen molar-refractivity contribution in [2.45, 2.75) is 6.54 Å². The molecule has 0 atom stereocenters. The minimum atomic E-state index is -0.881. The predicted molar refractivity (Wildman–Crippen MR) is 53.1 cm³/mol. The van der Waals surface area contributed by atoms with E-state index in [0.717, 1.165) is 6.07 Å². The van der Waals surface area contributed by atoms with Gasteiger partial charge in [-0.15, -0.1) is 0 Å². The van der Waals surface area contributed by atoms with Crippen LogP contribution in [0.4, 0.5) is 8.78 Å². The van der Waals surface area contributed by atoms with Crippen LogP contribution in [0.1, 0.15) is 16.1 Å². The summed E-state index contributed by atoms with van der Waals surface area (Å²) in [4.78, 5) is 14.1. The summed E-state index contributed by atoms with van der Waals surface area (Å²) < 4.78 is 27.7. The van der Waals surface area contributed by atoms with Crippen molar-refractivity contribution < 1.29 is 13.6 Å². The Morgan fingerprint density at radius 2 is 2.19 bits per heavy atom. The molecule has 1 aromatic heterocycles. The van der Waals surface area contributed by atoms with Crippen molar-refractivity contribution in [2.75, 3.05) is 0 Å². The lowest BCUT2D eigenvalue weighted by atomic mass is 10.2. The predicted octanol–water partition coefficient (Wildman–Crippen LogP) is 2.02. The highest BCUT2D eigenvalue weighted by Gasteiger charge is 2.08. The summed E-state index contributed by atoms with van der Waals surface area (Å²) in [5, 5.41) is 0. The summed E-state index contributed by atoms with van der Waals surface area (Å²) in [7, 11) is 0. The monoisotopic (exact) mass is 222 g/mol. The Kier molecular flexibility index (Phi) is 2.76. The molecule has 0 aliphatic heterocycles. The second-order valence-electron chi connectivity index (χ2n) is 3.30. The van der Waals surface area contributed by atoms with Crippen LogP contribution in [0.5, 0.6) is 0 Å². The first-order chi connectivity index (χ1) is 7.70. The Morgan fingerprint density at radius 3 is 2.88 bits per heavy atom. The van der Waals surface area contributed by atoms with Gasteiger partial charge in [0.05, 0.1) is 12.9 Å². The van der Waals surface area contributed by atoms with Gasteiger partial charge in [-0.25, -0.2) is 13.8 Å². The topological polar surface area (TPSA) is 34.9 Å². The van der Waals surface area contributed by atoms with Gasteiger partial charge in [-0.2, -0.15) is 0 Å². The number of aromatic nitrogens is 2. The van der Waals surface area contributed by atoms with Gasteiger partial charge in [-0.1, -0.05) is 12.1 Å². The highest BCUT2D eigenvalue weighted by molar-refractivity contribution is 5.70. The van der Waals surface area contributed by atoms with Crippen LogP contribution in [0.3, 0.4) is 0 Å². The molecule has 82 valence electrons. The van der Waals surface area contributed by atoms with E-state index in [1.54, 1.807) is 0 Å².